The molecule has 0 bridgehead atoms. The van der Waals surface area contributed by atoms with Gasteiger partial charge in [-0.15, -0.1) is 0 Å². The van der Waals surface area contributed by atoms with Crippen LogP contribution in [0, 0.1) is 0 Å². The summed E-state index contributed by atoms with van der Waals surface area (Å²) < 4.78 is 4.79. The summed E-state index contributed by atoms with van der Waals surface area (Å²) in [5.41, 5.74) is 5.06. The summed E-state index contributed by atoms with van der Waals surface area (Å²) >= 11 is 17.1. The molecule has 14 heavy (non-hydrogen) atoms. The van der Waals surface area contributed by atoms with Gasteiger partial charge >= 0.3 is 5.97 Å². The van der Waals surface area contributed by atoms with Gasteiger partial charge in [0.05, 0.1) is 21.6 Å². The summed E-state index contributed by atoms with van der Waals surface area (Å²) in [7, 11) is 0. The molecule has 0 spiro atoms. The summed E-state index contributed by atoms with van der Waals surface area (Å²) in [6, 6.07) is 2.75. The average molecular weight is 254 g/mol. The maximum Gasteiger partial charge on any atom is 0.325 e. The van der Waals surface area contributed by atoms with Crippen molar-refractivity contribution in [3.63, 3.8) is 0 Å². The Kier molecular flexibility index (Phi) is 4.01. The van der Waals surface area contributed by atoms with Gasteiger partial charge in [-0.2, -0.15) is 0 Å². The van der Waals surface area contributed by atoms with Crippen molar-refractivity contribution in [3.8, 4) is 5.75 Å². The number of ether oxygens (including phenoxy) is 1. The number of halogens is 3. The summed E-state index contributed by atoms with van der Waals surface area (Å²) in [5, 5.41) is 0.765. The number of benzene rings is 1. The molecule has 2 N–H and O–H groups in total. The van der Waals surface area contributed by atoms with Gasteiger partial charge in [0.15, 0.2) is 5.75 Å². The Hall–Kier alpha value is -0.480. The normalized spacial score (nSPS) is 10.0. The highest BCUT2D eigenvalue weighted by molar-refractivity contribution is 6.43. The highest BCUT2D eigenvalue weighted by Crippen LogP contribution is 2.33. The van der Waals surface area contributed by atoms with E-state index in [0.29, 0.717) is 5.02 Å². The number of hydrogen-bond acceptors (Lipinski definition) is 3. The predicted octanol–water partition coefficient (Wildman–Crippen LogP) is 2.51. The van der Waals surface area contributed by atoms with Crippen LogP contribution < -0.4 is 10.5 Å². The van der Waals surface area contributed by atoms with Gasteiger partial charge < -0.3 is 10.5 Å². The minimum atomic E-state index is -0.592. The third-order valence-electron chi connectivity index (χ3n) is 1.37. The third kappa shape index (κ3) is 2.75. The Balaban J connectivity index is 2.98. The molecule has 0 amide bonds. The monoisotopic (exact) mass is 253 g/mol. The lowest BCUT2D eigenvalue weighted by atomic mass is 10.3. The van der Waals surface area contributed by atoms with Gasteiger partial charge in [-0.1, -0.05) is 34.8 Å². The fourth-order valence-corrected chi connectivity index (χ4v) is 1.32. The van der Waals surface area contributed by atoms with E-state index in [1.165, 1.54) is 12.1 Å². The number of esters is 1. The maximum atomic E-state index is 10.8. The average Bonchev–Trinajstić information content (AvgIpc) is 2.14. The minimum absolute atomic E-state index is 0.150. The molecule has 0 saturated carbocycles. The smallest absolute Gasteiger partial charge is 0.325 e. The first-order valence-electron chi connectivity index (χ1n) is 3.60. The number of nitrogens with two attached hydrogens (primary N) is 1. The Morgan fingerprint density at radius 3 is 2.36 bits per heavy atom. The molecule has 0 aliphatic rings. The molecule has 0 fully saturated rings. The van der Waals surface area contributed by atoms with Gasteiger partial charge in [0, 0.05) is 6.07 Å². The molecule has 0 aromatic heterocycles. The summed E-state index contributed by atoms with van der Waals surface area (Å²) in [6.45, 7) is -0.226. The van der Waals surface area contributed by atoms with Gasteiger partial charge in [0.1, 0.15) is 0 Å². The lowest BCUT2D eigenvalue weighted by Crippen LogP contribution is -2.19. The maximum absolute atomic E-state index is 10.8. The Labute approximate surface area is 95.7 Å². The summed E-state index contributed by atoms with van der Waals surface area (Å²) in [5.74, 6) is -0.443. The standard InChI is InChI=1S/C8H6Cl3NO2/c9-4-1-6(11)7(2-5(4)10)14-8(13)3-12/h1-2H,3,12H2. The number of carbonyl (C=O) groups excluding carboxylic acids is 1. The van der Waals surface area contributed by atoms with Gasteiger partial charge in [-0.05, 0) is 6.07 Å². The highest BCUT2D eigenvalue weighted by Gasteiger charge is 2.09. The Morgan fingerprint density at radius 1 is 1.21 bits per heavy atom. The molecule has 0 aliphatic carbocycles. The van der Waals surface area contributed by atoms with Gasteiger partial charge in [0.25, 0.3) is 0 Å². The van der Waals surface area contributed by atoms with Crippen LogP contribution in [-0.4, -0.2) is 12.5 Å². The molecule has 1 aromatic rings. The van der Waals surface area contributed by atoms with E-state index < -0.39 is 5.97 Å². The van der Waals surface area contributed by atoms with E-state index in [9.17, 15) is 4.79 Å². The Morgan fingerprint density at radius 2 is 1.79 bits per heavy atom. The highest BCUT2D eigenvalue weighted by atomic mass is 35.5. The SMILES string of the molecule is NCC(=O)Oc1cc(Cl)c(Cl)cc1Cl. The zero-order chi connectivity index (χ0) is 10.7. The van der Waals surface area contributed by atoms with E-state index in [1.54, 1.807) is 0 Å². The van der Waals surface area contributed by atoms with Crippen LogP contribution in [0.5, 0.6) is 5.75 Å². The molecule has 76 valence electrons. The van der Waals surface area contributed by atoms with Crippen molar-refractivity contribution in [3.05, 3.63) is 27.2 Å². The second-order valence-corrected chi connectivity index (χ2v) is 3.60. The van der Waals surface area contributed by atoms with Crippen molar-refractivity contribution in [2.24, 2.45) is 5.73 Å². The molecule has 0 heterocycles. The van der Waals surface area contributed by atoms with Crippen molar-refractivity contribution in [1.82, 2.24) is 0 Å². The van der Waals surface area contributed by atoms with E-state index in [1.807, 2.05) is 0 Å². The van der Waals surface area contributed by atoms with Crippen LogP contribution >= 0.6 is 34.8 Å². The largest absolute Gasteiger partial charge is 0.424 e. The minimum Gasteiger partial charge on any atom is -0.424 e. The molecule has 1 aromatic carbocycles. The molecule has 3 nitrogen and oxygen atoms in total. The van der Waals surface area contributed by atoms with E-state index in [2.05, 4.69) is 0 Å². The van der Waals surface area contributed by atoms with E-state index >= 15 is 0 Å². The molecule has 0 atom stereocenters. The van der Waals surface area contributed by atoms with Crippen molar-refractivity contribution in [2.75, 3.05) is 6.54 Å². The first-order chi connectivity index (χ1) is 6.54. The lowest BCUT2D eigenvalue weighted by Gasteiger charge is -2.06. The molecular formula is C8H6Cl3NO2. The number of carbonyl (C=O) groups is 1. The summed E-state index contributed by atoms with van der Waals surface area (Å²) in [6.07, 6.45) is 0. The molecule has 0 aliphatic heterocycles. The second kappa shape index (κ2) is 4.84. The van der Waals surface area contributed by atoms with Crippen molar-refractivity contribution in [1.29, 1.82) is 0 Å². The fraction of sp³-hybridized carbons (Fsp3) is 0.125. The van der Waals surface area contributed by atoms with Crippen LogP contribution in [0.15, 0.2) is 12.1 Å². The topological polar surface area (TPSA) is 52.3 Å². The van der Waals surface area contributed by atoms with Crippen LogP contribution in [0.3, 0.4) is 0 Å². The molecular weight excluding hydrogens is 248 g/mol. The third-order valence-corrected chi connectivity index (χ3v) is 2.38. The zero-order valence-corrected chi connectivity index (χ0v) is 9.16. The first kappa shape index (κ1) is 11.6. The first-order valence-corrected chi connectivity index (χ1v) is 4.73. The van der Waals surface area contributed by atoms with Gasteiger partial charge in [0.2, 0.25) is 0 Å². The molecule has 6 heteroatoms. The van der Waals surface area contributed by atoms with Crippen LogP contribution in [0.4, 0.5) is 0 Å². The van der Waals surface area contributed by atoms with Crippen molar-refractivity contribution in [2.45, 2.75) is 0 Å². The van der Waals surface area contributed by atoms with Crippen LogP contribution in [0.2, 0.25) is 15.1 Å². The number of rotatable bonds is 2. The van der Waals surface area contributed by atoms with E-state index in [4.69, 9.17) is 45.3 Å². The van der Waals surface area contributed by atoms with E-state index in [-0.39, 0.29) is 22.3 Å². The Bertz CT molecular complexity index is 368. The van der Waals surface area contributed by atoms with Crippen molar-refractivity contribution < 1.29 is 9.53 Å². The summed E-state index contributed by atoms with van der Waals surface area (Å²) in [4.78, 5) is 10.8. The molecule has 0 saturated heterocycles. The van der Waals surface area contributed by atoms with Gasteiger partial charge in [-0.25, -0.2) is 0 Å². The molecule has 0 unspecified atom stereocenters. The fourth-order valence-electron chi connectivity index (χ4n) is 0.747. The second-order valence-electron chi connectivity index (χ2n) is 2.37. The van der Waals surface area contributed by atoms with Crippen LogP contribution in [0.25, 0.3) is 0 Å². The zero-order valence-electron chi connectivity index (χ0n) is 6.89. The van der Waals surface area contributed by atoms with Crippen molar-refractivity contribution >= 4 is 40.8 Å². The molecule has 0 radical (unpaired) electrons. The predicted molar refractivity (Wildman–Crippen MR) is 56.2 cm³/mol. The van der Waals surface area contributed by atoms with Crippen LogP contribution in [0.1, 0.15) is 0 Å². The quantitative estimate of drug-likeness (QED) is 0.501. The van der Waals surface area contributed by atoms with Crippen LogP contribution in [-0.2, 0) is 4.79 Å². The molecule has 1 rings (SSSR count). The lowest BCUT2D eigenvalue weighted by molar-refractivity contribution is -0.132. The van der Waals surface area contributed by atoms with E-state index in [0.717, 1.165) is 0 Å². The number of hydrogen-bond donors (Lipinski definition) is 1. The van der Waals surface area contributed by atoms with Gasteiger partial charge in [-0.3, -0.25) is 4.79 Å².